The fourth-order valence-electron chi connectivity index (χ4n) is 2.54. The van der Waals surface area contributed by atoms with Gasteiger partial charge in [-0.2, -0.15) is 13.2 Å². The molecular weight excluding hydrogens is 367 g/mol. The van der Waals surface area contributed by atoms with E-state index in [4.69, 9.17) is 5.73 Å². The Balaban J connectivity index is 0.00000208. The minimum Gasteiger partial charge on any atom is -0.351 e. The maximum atomic E-state index is 12.7. The molecule has 0 bridgehead atoms. The van der Waals surface area contributed by atoms with Gasteiger partial charge in [0.05, 0.1) is 9.75 Å². The van der Waals surface area contributed by atoms with Crippen LogP contribution in [0.5, 0.6) is 0 Å². The highest BCUT2D eigenvalue weighted by Crippen LogP contribution is 2.38. The molecule has 1 fully saturated rings. The van der Waals surface area contributed by atoms with Gasteiger partial charge >= 0.3 is 6.18 Å². The van der Waals surface area contributed by atoms with Crippen molar-refractivity contribution in [1.29, 1.82) is 0 Å². The van der Waals surface area contributed by atoms with E-state index in [1.54, 1.807) is 17.0 Å². The van der Waals surface area contributed by atoms with Crippen molar-refractivity contribution in [1.82, 2.24) is 10.1 Å². The molecule has 10 heteroatoms. The van der Waals surface area contributed by atoms with Crippen LogP contribution in [0.3, 0.4) is 0 Å². The van der Waals surface area contributed by atoms with E-state index in [2.05, 4.69) is 9.68 Å². The van der Waals surface area contributed by atoms with Crippen molar-refractivity contribution in [3.05, 3.63) is 28.3 Å². The van der Waals surface area contributed by atoms with E-state index in [0.717, 1.165) is 17.8 Å². The van der Waals surface area contributed by atoms with Gasteiger partial charge in [-0.15, -0.1) is 23.7 Å². The van der Waals surface area contributed by atoms with Crippen molar-refractivity contribution in [2.75, 3.05) is 13.1 Å². The summed E-state index contributed by atoms with van der Waals surface area (Å²) in [5, 5.41) is 3.51. The number of likely N-dealkylation sites (tertiary alicyclic amines) is 1. The quantitative estimate of drug-likeness (QED) is 0.866. The van der Waals surface area contributed by atoms with Gasteiger partial charge in [0.15, 0.2) is 0 Å². The summed E-state index contributed by atoms with van der Waals surface area (Å²) in [5.74, 6) is -1.27. The summed E-state index contributed by atoms with van der Waals surface area (Å²) in [4.78, 5) is 14.9. The van der Waals surface area contributed by atoms with Crippen LogP contribution in [0.4, 0.5) is 13.2 Å². The Bertz CT molecular complexity index is 744. The van der Waals surface area contributed by atoms with Crippen LogP contribution in [0.1, 0.15) is 27.4 Å². The first kappa shape index (κ1) is 18.8. The van der Waals surface area contributed by atoms with Crippen molar-refractivity contribution >= 4 is 29.7 Å². The molecule has 3 heterocycles. The van der Waals surface area contributed by atoms with Crippen LogP contribution < -0.4 is 5.73 Å². The monoisotopic (exact) mass is 381 g/mol. The maximum Gasteiger partial charge on any atom is 0.452 e. The number of nitrogens with zero attached hydrogens (tertiary/aromatic N) is 2. The Morgan fingerprint density at radius 1 is 1.46 bits per heavy atom. The second kappa shape index (κ2) is 6.73. The van der Waals surface area contributed by atoms with Crippen LogP contribution in [-0.4, -0.2) is 35.1 Å². The summed E-state index contributed by atoms with van der Waals surface area (Å²) in [6.45, 7) is 2.39. The predicted molar refractivity (Wildman–Crippen MR) is 85.3 cm³/mol. The molecule has 1 amide bonds. The number of amides is 1. The van der Waals surface area contributed by atoms with Gasteiger partial charge in [-0.05, 0) is 25.5 Å². The largest absolute Gasteiger partial charge is 0.452 e. The molecule has 1 aliphatic heterocycles. The van der Waals surface area contributed by atoms with Crippen molar-refractivity contribution < 1.29 is 22.5 Å². The van der Waals surface area contributed by atoms with Crippen molar-refractivity contribution in [2.24, 2.45) is 5.73 Å². The van der Waals surface area contributed by atoms with Gasteiger partial charge < -0.3 is 15.2 Å². The van der Waals surface area contributed by atoms with Crippen molar-refractivity contribution in [3.8, 4) is 10.6 Å². The second-order valence-corrected chi connectivity index (χ2v) is 6.53. The number of carbonyl (C=O) groups is 1. The average molecular weight is 382 g/mol. The normalized spacial score (nSPS) is 17.9. The zero-order valence-corrected chi connectivity index (χ0v) is 14.2. The zero-order valence-electron chi connectivity index (χ0n) is 12.6. The third kappa shape index (κ3) is 3.42. The molecule has 0 unspecified atom stereocenters. The van der Waals surface area contributed by atoms with E-state index in [1.165, 1.54) is 6.92 Å². The first-order chi connectivity index (χ1) is 10.8. The molecule has 2 aromatic heterocycles. The second-order valence-electron chi connectivity index (χ2n) is 5.45. The number of alkyl halides is 3. The first-order valence-corrected chi connectivity index (χ1v) is 7.77. The molecule has 0 aromatic carbocycles. The standard InChI is InChI=1S/C14H14F3N3O2S.ClH/c1-7-11(19-22-12(7)14(15,16)17)9-2-3-10(23-9)13(21)20-5-4-8(18)6-20;/h2-3,8H,4-6,18H2,1H3;1H/t8-;/m0./s1. The Morgan fingerprint density at radius 2 is 2.17 bits per heavy atom. The fraction of sp³-hybridized carbons (Fsp3) is 0.429. The number of carbonyl (C=O) groups excluding carboxylic acids is 1. The summed E-state index contributed by atoms with van der Waals surface area (Å²) >= 11 is 1.10. The summed E-state index contributed by atoms with van der Waals surface area (Å²) in [7, 11) is 0. The number of aromatic nitrogens is 1. The van der Waals surface area contributed by atoms with Gasteiger partial charge in [-0.25, -0.2) is 0 Å². The number of hydrogen-bond acceptors (Lipinski definition) is 5. The highest BCUT2D eigenvalue weighted by atomic mass is 35.5. The third-order valence-electron chi connectivity index (χ3n) is 3.74. The Morgan fingerprint density at radius 3 is 2.71 bits per heavy atom. The zero-order chi connectivity index (χ0) is 16.8. The highest BCUT2D eigenvalue weighted by Gasteiger charge is 2.39. The SMILES string of the molecule is Cc1c(-c2ccc(C(=O)N3CC[C@H](N)C3)s2)noc1C(F)(F)F.Cl. The topological polar surface area (TPSA) is 72.4 Å². The van der Waals surface area contributed by atoms with Crippen LogP contribution in [-0.2, 0) is 6.18 Å². The first-order valence-electron chi connectivity index (χ1n) is 6.96. The Hall–Kier alpha value is -1.58. The van der Waals surface area contributed by atoms with Crippen molar-refractivity contribution in [2.45, 2.75) is 25.6 Å². The van der Waals surface area contributed by atoms with Crippen LogP contribution >= 0.6 is 23.7 Å². The van der Waals surface area contributed by atoms with Crippen LogP contribution in [0, 0.1) is 6.92 Å². The molecule has 0 aliphatic carbocycles. The molecule has 1 atom stereocenters. The molecule has 132 valence electrons. The van der Waals surface area contributed by atoms with E-state index >= 15 is 0 Å². The van der Waals surface area contributed by atoms with Crippen molar-refractivity contribution in [3.63, 3.8) is 0 Å². The van der Waals surface area contributed by atoms with Crippen LogP contribution in [0.25, 0.3) is 10.6 Å². The minimum atomic E-state index is -4.59. The molecule has 0 radical (unpaired) electrons. The minimum absolute atomic E-state index is 0. The molecule has 2 N–H and O–H groups in total. The summed E-state index contributed by atoms with van der Waals surface area (Å²) in [5.41, 5.74) is 5.81. The number of hydrogen-bond donors (Lipinski definition) is 1. The van der Waals surface area contributed by atoms with E-state index in [0.29, 0.717) is 22.8 Å². The van der Waals surface area contributed by atoms with Crippen LogP contribution in [0.15, 0.2) is 16.7 Å². The maximum absolute atomic E-state index is 12.7. The molecule has 1 saturated heterocycles. The third-order valence-corrected chi connectivity index (χ3v) is 4.82. The smallest absolute Gasteiger partial charge is 0.351 e. The van der Waals surface area contributed by atoms with E-state index in [-0.39, 0.29) is 35.6 Å². The molecular formula is C14H15ClF3N3O2S. The molecule has 24 heavy (non-hydrogen) atoms. The van der Waals surface area contributed by atoms with Gasteiger partial charge in [-0.3, -0.25) is 4.79 Å². The Kier molecular flexibility index (Phi) is 5.26. The lowest BCUT2D eigenvalue weighted by molar-refractivity contribution is -0.156. The molecule has 2 aromatic rings. The number of halogens is 4. The lowest BCUT2D eigenvalue weighted by Gasteiger charge is -2.14. The molecule has 0 saturated carbocycles. The molecule has 5 nitrogen and oxygen atoms in total. The Labute approximate surface area is 146 Å². The van der Waals surface area contributed by atoms with E-state index in [9.17, 15) is 18.0 Å². The fourth-order valence-corrected chi connectivity index (χ4v) is 3.55. The van der Waals surface area contributed by atoms with Gasteiger partial charge in [-0.1, -0.05) is 5.16 Å². The average Bonchev–Trinajstić information content (AvgIpc) is 3.15. The molecule has 0 spiro atoms. The lowest BCUT2D eigenvalue weighted by Crippen LogP contribution is -2.31. The summed E-state index contributed by atoms with van der Waals surface area (Å²) in [6.07, 6.45) is -3.84. The lowest BCUT2D eigenvalue weighted by atomic mass is 10.2. The van der Waals surface area contributed by atoms with Gasteiger partial charge in [0.1, 0.15) is 5.69 Å². The molecule has 3 rings (SSSR count). The number of thiophene rings is 1. The number of nitrogens with two attached hydrogens (primary N) is 1. The predicted octanol–water partition coefficient (Wildman–Crippen LogP) is 3.33. The highest BCUT2D eigenvalue weighted by molar-refractivity contribution is 7.17. The summed E-state index contributed by atoms with van der Waals surface area (Å²) in [6, 6.07) is 3.15. The number of rotatable bonds is 2. The van der Waals surface area contributed by atoms with E-state index < -0.39 is 11.9 Å². The van der Waals surface area contributed by atoms with E-state index in [1.807, 2.05) is 0 Å². The van der Waals surface area contributed by atoms with Crippen LogP contribution in [0.2, 0.25) is 0 Å². The summed E-state index contributed by atoms with van der Waals surface area (Å²) < 4.78 is 42.7. The van der Waals surface area contributed by atoms with Gasteiger partial charge in [0, 0.05) is 24.7 Å². The molecule has 1 aliphatic rings. The van der Waals surface area contributed by atoms with Gasteiger partial charge in [0.2, 0.25) is 5.76 Å². The van der Waals surface area contributed by atoms with Gasteiger partial charge in [0.25, 0.3) is 5.91 Å².